The van der Waals surface area contributed by atoms with E-state index in [0.29, 0.717) is 26.3 Å². The molecule has 3 aromatic rings. The molecule has 0 radical (unpaired) electrons. The van der Waals surface area contributed by atoms with Crippen molar-refractivity contribution in [3.8, 4) is 5.75 Å². The Labute approximate surface area is 320 Å². The van der Waals surface area contributed by atoms with Crippen molar-refractivity contribution in [3.63, 3.8) is 0 Å². The van der Waals surface area contributed by atoms with Gasteiger partial charge in [0.05, 0.1) is 37.3 Å². The standard InChI is InChI=1S/C38H30Cl2F5N3O7/c39-37-17-23-20(9-10-22-25(23)34(51)47(33(22)50)19-7-5-18(6-8-19)46-11-14-54-15-12-46)26(21-3-1-2-4-24(21)55-16-13-49)38(37,40)36(53)48(35(37)52)32-30(44)28(42)27(41)29(43)31(32)45/h1-9,22-23,25-26,49H,10-17H2/t22-,23+,25-,26+,37+,38-/m0/s1. The zero-order valence-corrected chi connectivity index (χ0v) is 30.1. The molecule has 4 fully saturated rings. The van der Waals surface area contributed by atoms with Crippen LogP contribution in [0, 0.1) is 46.8 Å². The molecule has 8 rings (SSSR count). The fourth-order valence-electron chi connectivity index (χ4n) is 8.81. The molecule has 288 valence electrons. The van der Waals surface area contributed by atoms with E-state index in [1.54, 1.807) is 36.4 Å². The zero-order valence-electron chi connectivity index (χ0n) is 28.5. The molecular weight excluding hydrogens is 776 g/mol. The summed E-state index contributed by atoms with van der Waals surface area (Å²) < 4.78 is 85.1. The highest BCUT2D eigenvalue weighted by molar-refractivity contribution is 6.58. The molecule has 2 aliphatic carbocycles. The van der Waals surface area contributed by atoms with E-state index in [0.717, 1.165) is 10.6 Å². The number of para-hydroxylation sites is 1. The molecular formula is C38H30Cl2F5N3O7. The van der Waals surface area contributed by atoms with Crippen LogP contribution >= 0.6 is 23.2 Å². The molecule has 0 unspecified atom stereocenters. The molecule has 17 heteroatoms. The first-order valence-corrected chi connectivity index (χ1v) is 18.1. The number of carbonyl (C=O) groups is 4. The lowest BCUT2D eigenvalue weighted by Gasteiger charge is -2.50. The van der Waals surface area contributed by atoms with Gasteiger partial charge in [-0.25, -0.2) is 26.9 Å². The third kappa shape index (κ3) is 5.26. The van der Waals surface area contributed by atoms with E-state index < -0.39 is 105 Å². The van der Waals surface area contributed by atoms with Gasteiger partial charge in [-0.1, -0.05) is 29.8 Å². The SMILES string of the molecule is O=C1[C@H]2[C@H](CC=C3[C@H]2C[C@@]2(Cl)C(=O)N(c4c(F)c(F)c(F)c(F)c4F)C(=O)[C@@]2(Cl)[C@H]3c2ccccc2OCCO)C(=O)N1c1ccc(N2CCOCC2)cc1. The van der Waals surface area contributed by atoms with Crippen molar-refractivity contribution in [2.75, 3.05) is 54.2 Å². The van der Waals surface area contributed by atoms with Crippen LogP contribution in [0.1, 0.15) is 24.3 Å². The molecule has 4 amide bonds. The van der Waals surface area contributed by atoms with Gasteiger partial charge in [0.1, 0.15) is 18.0 Å². The van der Waals surface area contributed by atoms with Crippen LogP contribution in [0.3, 0.4) is 0 Å². The summed E-state index contributed by atoms with van der Waals surface area (Å²) in [6.07, 6.45) is 0.945. The van der Waals surface area contributed by atoms with Gasteiger partial charge in [-0.3, -0.25) is 24.1 Å². The number of nitrogens with zero attached hydrogens (tertiary/aromatic N) is 3. The molecule has 3 heterocycles. The molecule has 0 bridgehead atoms. The third-order valence-electron chi connectivity index (χ3n) is 11.3. The molecule has 3 aliphatic heterocycles. The Kier molecular flexibility index (Phi) is 9.22. The van der Waals surface area contributed by atoms with E-state index in [4.69, 9.17) is 32.7 Å². The Hall–Kier alpha value is -4.57. The summed E-state index contributed by atoms with van der Waals surface area (Å²) >= 11 is 14.5. The zero-order chi connectivity index (χ0) is 39.1. The molecule has 10 nitrogen and oxygen atoms in total. The molecule has 6 atom stereocenters. The molecule has 5 aliphatic rings. The van der Waals surface area contributed by atoms with Crippen LogP contribution < -0.4 is 19.4 Å². The number of rotatable bonds is 7. The van der Waals surface area contributed by atoms with E-state index in [1.165, 1.54) is 18.2 Å². The van der Waals surface area contributed by atoms with Crippen molar-refractivity contribution in [2.45, 2.75) is 28.5 Å². The van der Waals surface area contributed by atoms with Gasteiger partial charge in [0, 0.05) is 30.3 Å². The fourth-order valence-corrected chi connectivity index (χ4v) is 9.73. The Balaban J connectivity index is 1.25. The number of benzene rings is 3. The van der Waals surface area contributed by atoms with Crippen molar-refractivity contribution >= 4 is 63.9 Å². The summed E-state index contributed by atoms with van der Waals surface area (Å²) in [7, 11) is 0. The number of hydrogen-bond acceptors (Lipinski definition) is 8. The molecule has 3 saturated heterocycles. The minimum absolute atomic E-state index is 0.0225. The van der Waals surface area contributed by atoms with E-state index in [9.17, 15) is 37.5 Å². The van der Waals surface area contributed by atoms with Crippen LogP contribution in [-0.2, 0) is 23.9 Å². The molecule has 55 heavy (non-hydrogen) atoms. The number of alkyl halides is 2. The number of amides is 4. The predicted octanol–water partition coefficient (Wildman–Crippen LogP) is 5.36. The number of hydrogen-bond donors (Lipinski definition) is 1. The van der Waals surface area contributed by atoms with Crippen LogP contribution in [0.25, 0.3) is 0 Å². The average Bonchev–Trinajstić information content (AvgIpc) is 3.53. The predicted molar refractivity (Wildman–Crippen MR) is 187 cm³/mol. The average molecular weight is 807 g/mol. The lowest BCUT2D eigenvalue weighted by Crippen LogP contribution is -2.60. The van der Waals surface area contributed by atoms with Crippen LogP contribution in [0.5, 0.6) is 5.75 Å². The van der Waals surface area contributed by atoms with Crippen molar-refractivity contribution < 1.29 is 55.7 Å². The maximum absolute atomic E-state index is 15.3. The van der Waals surface area contributed by atoms with Gasteiger partial charge in [-0.15, -0.1) is 23.2 Å². The number of ether oxygens (including phenoxy) is 2. The molecule has 3 aromatic carbocycles. The Morgan fingerprint density at radius 2 is 1.40 bits per heavy atom. The largest absolute Gasteiger partial charge is 0.491 e. The highest BCUT2D eigenvalue weighted by Crippen LogP contribution is 2.66. The van der Waals surface area contributed by atoms with Crippen LogP contribution in [-0.4, -0.2) is 78.0 Å². The number of fused-ring (bicyclic) bond motifs is 4. The summed E-state index contributed by atoms with van der Waals surface area (Å²) in [6, 6.07) is 12.8. The second kappa shape index (κ2) is 13.6. The van der Waals surface area contributed by atoms with Crippen LogP contribution in [0.15, 0.2) is 60.2 Å². The van der Waals surface area contributed by atoms with Crippen molar-refractivity contribution in [1.82, 2.24) is 0 Å². The van der Waals surface area contributed by atoms with Gasteiger partial charge in [0.2, 0.25) is 17.6 Å². The molecule has 0 spiro atoms. The summed E-state index contributed by atoms with van der Waals surface area (Å²) in [5.41, 5.74) is -0.334. The highest BCUT2D eigenvalue weighted by Gasteiger charge is 2.77. The van der Waals surface area contributed by atoms with E-state index >= 15 is 8.78 Å². The number of morpholine rings is 1. The molecule has 1 saturated carbocycles. The molecule has 0 aromatic heterocycles. The Morgan fingerprint density at radius 1 is 0.782 bits per heavy atom. The van der Waals surface area contributed by atoms with Crippen LogP contribution in [0.4, 0.5) is 39.0 Å². The Bertz CT molecular complexity index is 2160. The van der Waals surface area contributed by atoms with Gasteiger partial charge in [0.15, 0.2) is 33.0 Å². The molecule has 1 N–H and O–H groups in total. The summed E-state index contributed by atoms with van der Waals surface area (Å²) in [5, 5.41) is 9.54. The smallest absolute Gasteiger partial charge is 0.258 e. The summed E-state index contributed by atoms with van der Waals surface area (Å²) in [6.45, 7) is 1.72. The van der Waals surface area contributed by atoms with E-state index in [-0.39, 0.29) is 40.5 Å². The van der Waals surface area contributed by atoms with Gasteiger partial charge in [-0.2, -0.15) is 0 Å². The maximum Gasteiger partial charge on any atom is 0.258 e. The summed E-state index contributed by atoms with van der Waals surface area (Å²) in [5.74, 6) is -21.3. The number of carbonyl (C=O) groups excluding carboxylic acids is 4. The number of allylic oxidation sites excluding steroid dienone is 2. The first-order chi connectivity index (χ1) is 26.3. The lowest BCUT2D eigenvalue weighted by atomic mass is 9.56. The van der Waals surface area contributed by atoms with E-state index in [1.807, 2.05) is 0 Å². The van der Waals surface area contributed by atoms with Gasteiger partial charge in [0.25, 0.3) is 11.8 Å². The Morgan fingerprint density at radius 3 is 2.05 bits per heavy atom. The van der Waals surface area contributed by atoms with Gasteiger partial charge >= 0.3 is 0 Å². The monoisotopic (exact) mass is 805 g/mol. The topological polar surface area (TPSA) is 117 Å². The van der Waals surface area contributed by atoms with Crippen molar-refractivity contribution in [3.05, 3.63) is 94.8 Å². The van der Waals surface area contributed by atoms with Crippen molar-refractivity contribution in [2.24, 2.45) is 17.8 Å². The number of halogens is 7. The van der Waals surface area contributed by atoms with E-state index in [2.05, 4.69) is 4.90 Å². The highest BCUT2D eigenvalue weighted by atomic mass is 35.5. The van der Waals surface area contributed by atoms with Gasteiger partial charge < -0.3 is 19.5 Å². The maximum atomic E-state index is 15.3. The first kappa shape index (κ1) is 37.4. The minimum atomic E-state index is -2.71. The number of aliphatic hydroxyl groups is 1. The first-order valence-electron chi connectivity index (χ1n) is 17.4. The number of aliphatic hydroxyl groups excluding tert-OH is 1. The van der Waals surface area contributed by atoms with Crippen LogP contribution in [0.2, 0.25) is 0 Å². The summed E-state index contributed by atoms with van der Waals surface area (Å²) in [4.78, 5) is 55.1. The fraction of sp³-hybridized carbons (Fsp3) is 0.368. The number of anilines is 3. The number of imide groups is 2. The third-order valence-corrected chi connectivity index (χ3v) is 12.7. The van der Waals surface area contributed by atoms with Gasteiger partial charge in [-0.05, 0) is 49.1 Å². The second-order valence-corrected chi connectivity index (χ2v) is 15.2. The normalized spacial score (nSPS) is 29.0. The second-order valence-electron chi connectivity index (χ2n) is 13.9. The van der Waals surface area contributed by atoms with Crippen molar-refractivity contribution in [1.29, 1.82) is 0 Å². The lowest BCUT2D eigenvalue weighted by molar-refractivity contribution is -0.125. The quantitative estimate of drug-likeness (QED) is 0.0849. The minimum Gasteiger partial charge on any atom is -0.491 e.